The fraction of sp³-hybridized carbons (Fsp3) is 0.588. The first-order valence-corrected chi connectivity index (χ1v) is 16.1. The molecule has 44 heavy (non-hydrogen) atoms. The van der Waals surface area contributed by atoms with E-state index in [-0.39, 0.29) is 40.9 Å². The number of carbonyl (C=O) groups excluding carboxylic acids is 1. The summed E-state index contributed by atoms with van der Waals surface area (Å²) in [6, 6.07) is 6.00. The minimum Gasteiger partial charge on any atom is -0.461 e. The molecule has 0 N–H and O–H groups in total. The zero-order valence-corrected chi connectivity index (χ0v) is 26.5. The van der Waals surface area contributed by atoms with Crippen molar-refractivity contribution in [1.82, 2.24) is 24.8 Å². The predicted octanol–water partition coefficient (Wildman–Crippen LogP) is 6.04. The Balaban J connectivity index is 1.27. The molecule has 7 rings (SSSR count). The summed E-state index contributed by atoms with van der Waals surface area (Å²) in [5, 5.41) is 0.551. The monoisotopic (exact) mass is 602 g/mol. The summed E-state index contributed by atoms with van der Waals surface area (Å²) >= 11 is 0. The highest BCUT2D eigenvalue weighted by Crippen LogP contribution is 2.41. The Bertz CT molecular complexity index is 1580. The molecule has 4 aliphatic heterocycles. The van der Waals surface area contributed by atoms with Crippen LogP contribution in [-0.4, -0.2) is 86.9 Å². The lowest BCUT2D eigenvalue weighted by atomic mass is 9.95. The fourth-order valence-corrected chi connectivity index (χ4v) is 7.87. The van der Waals surface area contributed by atoms with E-state index in [1.807, 2.05) is 57.7 Å². The fourth-order valence-electron chi connectivity index (χ4n) is 7.87. The second-order valence-electron chi connectivity index (χ2n) is 14.1. The first-order chi connectivity index (χ1) is 21.0. The van der Waals surface area contributed by atoms with Crippen LogP contribution in [0.15, 0.2) is 24.4 Å². The summed E-state index contributed by atoms with van der Waals surface area (Å²) < 4.78 is 28.7. The number of fused-ring (bicyclic) bond motifs is 4. The van der Waals surface area contributed by atoms with Gasteiger partial charge in [0.05, 0.1) is 23.0 Å². The van der Waals surface area contributed by atoms with Crippen LogP contribution in [0.1, 0.15) is 70.4 Å². The number of piperazine rings is 1. The molecule has 10 heteroatoms. The molecule has 3 aromatic rings. The van der Waals surface area contributed by atoms with Crippen molar-refractivity contribution in [2.75, 3.05) is 37.7 Å². The van der Waals surface area contributed by atoms with Gasteiger partial charge in [0.25, 0.3) is 0 Å². The standard InChI is InChI=1S/C34H43FN6O3/c1-21-9-6-10-25(22(21)2)28-27(35)29-26(17-36-28)30(38-31(37-29)43-20-34-13-7-15-40(34)16-8-14-34)39-18-23-11-12-24(19-39)41(23)32(42)44-33(3,4)5/h6,9-10,17,23-24H,7-8,11-16,18-20H2,1-5H3/t23-,24+. The third-order valence-electron chi connectivity index (χ3n) is 10.2. The van der Waals surface area contributed by atoms with Gasteiger partial charge < -0.3 is 14.4 Å². The van der Waals surface area contributed by atoms with E-state index in [4.69, 9.17) is 19.4 Å². The minimum atomic E-state index is -0.562. The van der Waals surface area contributed by atoms with E-state index >= 15 is 4.39 Å². The van der Waals surface area contributed by atoms with Crippen LogP contribution in [0.25, 0.3) is 22.2 Å². The smallest absolute Gasteiger partial charge is 0.410 e. The quantitative estimate of drug-likeness (QED) is 0.350. The lowest BCUT2D eigenvalue weighted by Crippen LogP contribution is -2.57. The van der Waals surface area contributed by atoms with Gasteiger partial charge in [0.2, 0.25) is 0 Å². The van der Waals surface area contributed by atoms with Crippen LogP contribution < -0.4 is 9.64 Å². The number of nitrogens with zero attached hydrogens (tertiary/aromatic N) is 6. The largest absolute Gasteiger partial charge is 0.461 e. The van der Waals surface area contributed by atoms with Crippen molar-refractivity contribution in [3.8, 4) is 17.3 Å². The van der Waals surface area contributed by atoms with Gasteiger partial charge in [-0.05, 0) is 97.4 Å². The van der Waals surface area contributed by atoms with Crippen molar-refractivity contribution in [3.05, 3.63) is 41.3 Å². The molecule has 0 aliphatic carbocycles. The van der Waals surface area contributed by atoms with Gasteiger partial charge >= 0.3 is 12.1 Å². The zero-order chi connectivity index (χ0) is 30.8. The van der Waals surface area contributed by atoms with Crippen molar-refractivity contribution < 1.29 is 18.7 Å². The molecule has 4 saturated heterocycles. The highest BCUT2D eigenvalue weighted by atomic mass is 19.1. The first kappa shape index (κ1) is 29.2. The van der Waals surface area contributed by atoms with E-state index in [2.05, 4.69) is 14.8 Å². The molecule has 0 radical (unpaired) electrons. The lowest BCUT2D eigenvalue weighted by molar-refractivity contribution is 0.0122. The van der Waals surface area contributed by atoms with E-state index in [1.165, 1.54) is 0 Å². The van der Waals surface area contributed by atoms with Crippen LogP contribution in [-0.2, 0) is 4.74 Å². The molecule has 6 heterocycles. The Kier molecular flexibility index (Phi) is 7.18. The maximum atomic E-state index is 16.5. The zero-order valence-electron chi connectivity index (χ0n) is 26.5. The molecule has 4 fully saturated rings. The van der Waals surface area contributed by atoms with Gasteiger partial charge in [-0.1, -0.05) is 18.2 Å². The number of aryl methyl sites for hydroxylation is 1. The molecule has 0 spiro atoms. The number of ether oxygens (including phenoxy) is 2. The number of carbonyl (C=O) groups is 1. The van der Waals surface area contributed by atoms with Crippen LogP contribution in [0, 0.1) is 19.7 Å². The van der Waals surface area contributed by atoms with Gasteiger partial charge in [-0.15, -0.1) is 0 Å². The molecule has 2 aromatic heterocycles. The van der Waals surface area contributed by atoms with Gasteiger partial charge in [-0.25, -0.2) is 9.18 Å². The van der Waals surface area contributed by atoms with E-state index in [0.29, 0.717) is 30.9 Å². The van der Waals surface area contributed by atoms with Crippen LogP contribution in [0.5, 0.6) is 6.01 Å². The molecule has 0 unspecified atom stereocenters. The summed E-state index contributed by atoms with van der Waals surface area (Å²) in [6.45, 7) is 13.5. The van der Waals surface area contributed by atoms with Gasteiger partial charge in [-0.2, -0.15) is 9.97 Å². The normalized spacial score (nSPS) is 23.0. The van der Waals surface area contributed by atoms with Gasteiger partial charge in [0.1, 0.15) is 29.2 Å². The number of rotatable bonds is 5. The lowest BCUT2D eigenvalue weighted by Gasteiger charge is -2.42. The number of benzene rings is 1. The number of amides is 1. The second kappa shape index (κ2) is 10.8. The summed E-state index contributed by atoms with van der Waals surface area (Å²) in [4.78, 5) is 34.0. The van der Waals surface area contributed by atoms with Crippen molar-refractivity contribution in [2.45, 2.75) is 96.4 Å². The third kappa shape index (κ3) is 5.04. The van der Waals surface area contributed by atoms with Crippen LogP contribution in [0.2, 0.25) is 0 Å². The summed E-state index contributed by atoms with van der Waals surface area (Å²) in [6.07, 6.45) is 7.71. The van der Waals surface area contributed by atoms with Gasteiger partial charge in [0, 0.05) is 24.8 Å². The second-order valence-corrected chi connectivity index (χ2v) is 14.1. The Morgan fingerprint density at radius 1 is 1.07 bits per heavy atom. The van der Waals surface area contributed by atoms with Crippen LogP contribution in [0.4, 0.5) is 15.0 Å². The minimum absolute atomic E-state index is 0.0112. The number of hydrogen-bond donors (Lipinski definition) is 0. The summed E-state index contributed by atoms with van der Waals surface area (Å²) in [7, 11) is 0. The van der Waals surface area contributed by atoms with E-state index in [0.717, 1.165) is 68.3 Å². The number of anilines is 1. The maximum Gasteiger partial charge on any atom is 0.410 e. The SMILES string of the molecule is Cc1cccc(-c2ncc3c(N4C[C@H]5CC[C@@H](C4)N5C(=O)OC(C)(C)C)nc(OCC45CCCN4CCC5)nc3c2F)c1C. The predicted molar refractivity (Wildman–Crippen MR) is 168 cm³/mol. The molecule has 1 amide bonds. The van der Waals surface area contributed by atoms with E-state index < -0.39 is 11.4 Å². The molecule has 2 atom stereocenters. The average molecular weight is 603 g/mol. The molecular formula is C34H43FN6O3. The highest BCUT2D eigenvalue weighted by molar-refractivity contribution is 5.92. The van der Waals surface area contributed by atoms with Crippen molar-refractivity contribution in [2.24, 2.45) is 0 Å². The average Bonchev–Trinajstić information content (AvgIpc) is 3.63. The Morgan fingerprint density at radius 2 is 1.77 bits per heavy atom. The molecular weight excluding hydrogens is 559 g/mol. The molecule has 2 bridgehead atoms. The van der Waals surface area contributed by atoms with Crippen LogP contribution >= 0.6 is 0 Å². The third-order valence-corrected chi connectivity index (χ3v) is 10.2. The van der Waals surface area contributed by atoms with Crippen LogP contribution in [0.3, 0.4) is 0 Å². The first-order valence-electron chi connectivity index (χ1n) is 16.1. The molecule has 1 aromatic carbocycles. The summed E-state index contributed by atoms with van der Waals surface area (Å²) in [5.41, 5.74) is 2.75. The Labute approximate surface area is 258 Å². The number of pyridine rings is 1. The number of halogens is 1. The molecule has 4 aliphatic rings. The molecule has 9 nitrogen and oxygen atoms in total. The van der Waals surface area contributed by atoms with E-state index in [1.54, 1.807) is 6.20 Å². The number of hydrogen-bond acceptors (Lipinski definition) is 8. The maximum absolute atomic E-state index is 16.5. The number of aromatic nitrogens is 3. The Hall–Kier alpha value is -3.53. The highest BCUT2D eigenvalue weighted by Gasteiger charge is 2.46. The van der Waals surface area contributed by atoms with Gasteiger partial charge in [0.15, 0.2) is 5.82 Å². The molecule has 0 saturated carbocycles. The van der Waals surface area contributed by atoms with Crippen molar-refractivity contribution in [1.29, 1.82) is 0 Å². The van der Waals surface area contributed by atoms with Crippen molar-refractivity contribution >= 4 is 22.8 Å². The van der Waals surface area contributed by atoms with E-state index in [9.17, 15) is 4.79 Å². The molecule has 234 valence electrons. The summed E-state index contributed by atoms with van der Waals surface area (Å²) in [5.74, 6) is 0.137. The topological polar surface area (TPSA) is 83.9 Å². The van der Waals surface area contributed by atoms with Crippen molar-refractivity contribution in [3.63, 3.8) is 0 Å². The Morgan fingerprint density at radius 3 is 2.45 bits per heavy atom. The van der Waals surface area contributed by atoms with Gasteiger partial charge in [-0.3, -0.25) is 14.8 Å².